The maximum absolute atomic E-state index is 11.4. The summed E-state index contributed by atoms with van der Waals surface area (Å²) in [6.07, 6.45) is 8.06. The van der Waals surface area contributed by atoms with Gasteiger partial charge < -0.3 is 10.1 Å². The van der Waals surface area contributed by atoms with Crippen LogP contribution in [0.3, 0.4) is 0 Å². The normalized spacial score (nSPS) is 19.4. The van der Waals surface area contributed by atoms with Gasteiger partial charge in [0.1, 0.15) is 0 Å². The highest BCUT2D eigenvalue weighted by Crippen LogP contribution is 2.18. The van der Waals surface area contributed by atoms with Gasteiger partial charge in [0.2, 0.25) is 0 Å². The van der Waals surface area contributed by atoms with Crippen LogP contribution in [0.1, 0.15) is 58.8 Å². The van der Waals surface area contributed by atoms with Crippen LogP contribution in [0.4, 0.5) is 0 Å². The molecule has 0 saturated heterocycles. The van der Waals surface area contributed by atoms with E-state index >= 15 is 0 Å². The van der Waals surface area contributed by atoms with Crippen molar-refractivity contribution in [2.24, 2.45) is 0 Å². The minimum Gasteiger partial charge on any atom is -0.466 e. The highest BCUT2D eigenvalue weighted by Gasteiger charge is 2.19. The molecule has 1 rings (SSSR count). The molecule has 1 aliphatic carbocycles. The molecule has 3 nitrogen and oxygen atoms in total. The fourth-order valence-corrected chi connectivity index (χ4v) is 2.34. The summed E-state index contributed by atoms with van der Waals surface area (Å²) in [5.41, 5.74) is 0. The van der Waals surface area contributed by atoms with Gasteiger partial charge in [0.05, 0.1) is 13.0 Å². The van der Waals surface area contributed by atoms with Crippen LogP contribution in [0.15, 0.2) is 0 Å². The lowest BCUT2D eigenvalue weighted by Crippen LogP contribution is -2.40. The molecule has 0 aromatic carbocycles. The molecule has 0 amide bonds. The third-order valence-electron chi connectivity index (χ3n) is 3.29. The Bertz CT molecular complexity index is 200. The van der Waals surface area contributed by atoms with Crippen molar-refractivity contribution in [2.45, 2.75) is 70.9 Å². The summed E-state index contributed by atoms with van der Waals surface area (Å²) >= 11 is 0. The molecular formula is C13H25NO2. The maximum atomic E-state index is 11.4. The molecule has 1 aliphatic rings. The van der Waals surface area contributed by atoms with E-state index in [9.17, 15) is 4.79 Å². The summed E-state index contributed by atoms with van der Waals surface area (Å²) in [6, 6.07) is 0.912. The first-order chi connectivity index (χ1) is 7.76. The Balaban J connectivity index is 2.27. The largest absolute Gasteiger partial charge is 0.466 e. The van der Waals surface area contributed by atoms with Gasteiger partial charge in [0.25, 0.3) is 0 Å². The molecule has 94 valence electrons. The van der Waals surface area contributed by atoms with Gasteiger partial charge in [0, 0.05) is 12.1 Å². The lowest BCUT2D eigenvalue weighted by molar-refractivity contribution is -0.143. The number of esters is 1. The number of carbonyl (C=O) groups is 1. The second-order valence-electron chi connectivity index (χ2n) is 4.62. The van der Waals surface area contributed by atoms with Crippen LogP contribution in [0.25, 0.3) is 0 Å². The smallest absolute Gasteiger partial charge is 0.307 e. The minimum atomic E-state index is -0.0716. The number of rotatable bonds is 6. The molecule has 0 aliphatic heterocycles. The molecule has 0 spiro atoms. The summed E-state index contributed by atoms with van der Waals surface area (Å²) in [5, 5.41) is 3.59. The van der Waals surface area contributed by atoms with Crippen molar-refractivity contribution in [2.75, 3.05) is 6.61 Å². The first-order valence-corrected chi connectivity index (χ1v) is 6.68. The predicted molar refractivity (Wildman–Crippen MR) is 65.3 cm³/mol. The van der Waals surface area contributed by atoms with Gasteiger partial charge in [-0.2, -0.15) is 0 Å². The first kappa shape index (κ1) is 13.5. The van der Waals surface area contributed by atoms with Gasteiger partial charge in [-0.15, -0.1) is 0 Å². The third kappa shape index (κ3) is 4.97. The Labute approximate surface area is 98.9 Å². The second kappa shape index (κ2) is 7.66. The van der Waals surface area contributed by atoms with Gasteiger partial charge in [-0.25, -0.2) is 0 Å². The van der Waals surface area contributed by atoms with Gasteiger partial charge in [-0.1, -0.05) is 26.2 Å². The molecule has 1 atom stereocenters. The summed E-state index contributed by atoms with van der Waals surface area (Å²) in [5.74, 6) is -0.0716. The number of nitrogens with one attached hydrogen (secondary N) is 1. The molecule has 0 heterocycles. The Morgan fingerprint density at radius 1 is 1.31 bits per heavy atom. The minimum absolute atomic E-state index is 0.0716. The van der Waals surface area contributed by atoms with Crippen LogP contribution < -0.4 is 5.32 Å². The standard InChI is InChI=1S/C13H25NO2/c1-3-11(10-13(15)16-4-2)14-12-8-6-5-7-9-12/h11-12,14H,3-10H2,1-2H3/t11-/m1/s1. The lowest BCUT2D eigenvalue weighted by Gasteiger charge is -2.27. The fourth-order valence-electron chi connectivity index (χ4n) is 2.34. The van der Waals surface area contributed by atoms with Crippen LogP contribution in [-0.4, -0.2) is 24.7 Å². The van der Waals surface area contributed by atoms with Crippen molar-refractivity contribution in [1.29, 1.82) is 0 Å². The van der Waals surface area contributed by atoms with E-state index in [4.69, 9.17) is 4.74 Å². The molecule has 0 radical (unpaired) electrons. The highest BCUT2D eigenvalue weighted by atomic mass is 16.5. The van der Waals surface area contributed by atoms with E-state index in [1.807, 2.05) is 6.92 Å². The van der Waals surface area contributed by atoms with Crippen molar-refractivity contribution >= 4 is 5.97 Å². The van der Waals surface area contributed by atoms with Gasteiger partial charge >= 0.3 is 5.97 Å². The first-order valence-electron chi connectivity index (χ1n) is 6.68. The summed E-state index contributed by atoms with van der Waals surface area (Å²) in [4.78, 5) is 11.4. The van der Waals surface area contributed by atoms with E-state index in [0.717, 1.165) is 6.42 Å². The van der Waals surface area contributed by atoms with Gasteiger partial charge in [-0.3, -0.25) is 4.79 Å². The SMILES string of the molecule is CCOC(=O)C[C@@H](CC)NC1CCCCC1. The Hall–Kier alpha value is -0.570. The van der Waals surface area contributed by atoms with E-state index in [0.29, 0.717) is 25.1 Å². The molecule has 3 heteroatoms. The van der Waals surface area contributed by atoms with E-state index < -0.39 is 0 Å². The topological polar surface area (TPSA) is 38.3 Å². The van der Waals surface area contributed by atoms with E-state index in [1.54, 1.807) is 0 Å². The highest BCUT2D eigenvalue weighted by molar-refractivity contribution is 5.70. The zero-order valence-electron chi connectivity index (χ0n) is 10.6. The molecule has 0 aromatic rings. The monoisotopic (exact) mass is 227 g/mol. The molecule has 0 unspecified atom stereocenters. The molecule has 1 fully saturated rings. The summed E-state index contributed by atoms with van der Waals surface area (Å²) in [7, 11) is 0. The Kier molecular flexibility index (Phi) is 6.46. The fraction of sp³-hybridized carbons (Fsp3) is 0.923. The summed E-state index contributed by atoms with van der Waals surface area (Å²) in [6.45, 7) is 4.46. The van der Waals surface area contributed by atoms with Crippen molar-refractivity contribution in [1.82, 2.24) is 5.32 Å². The number of hydrogen-bond acceptors (Lipinski definition) is 3. The van der Waals surface area contributed by atoms with Crippen molar-refractivity contribution in [3.8, 4) is 0 Å². The zero-order chi connectivity index (χ0) is 11.8. The van der Waals surface area contributed by atoms with Crippen LogP contribution >= 0.6 is 0 Å². The predicted octanol–water partition coefficient (Wildman–Crippen LogP) is 2.64. The summed E-state index contributed by atoms with van der Waals surface area (Å²) < 4.78 is 4.98. The molecule has 0 aromatic heterocycles. The number of ether oxygens (including phenoxy) is 1. The molecule has 16 heavy (non-hydrogen) atoms. The maximum Gasteiger partial charge on any atom is 0.307 e. The van der Waals surface area contributed by atoms with Crippen LogP contribution in [-0.2, 0) is 9.53 Å². The van der Waals surface area contributed by atoms with Crippen LogP contribution in [0.5, 0.6) is 0 Å². The molecule has 1 N–H and O–H groups in total. The van der Waals surface area contributed by atoms with Gasteiger partial charge in [-0.05, 0) is 26.2 Å². The van der Waals surface area contributed by atoms with Crippen molar-refractivity contribution in [3.63, 3.8) is 0 Å². The molecule has 1 saturated carbocycles. The van der Waals surface area contributed by atoms with Gasteiger partial charge in [0.15, 0.2) is 0 Å². The van der Waals surface area contributed by atoms with Crippen molar-refractivity contribution in [3.05, 3.63) is 0 Å². The second-order valence-corrected chi connectivity index (χ2v) is 4.62. The van der Waals surface area contributed by atoms with Crippen molar-refractivity contribution < 1.29 is 9.53 Å². The quantitative estimate of drug-likeness (QED) is 0.709. The number of carbonyl (C=O) groups excluding carboxylic acids is 1. The Morgan fingerprint density at radius 2 is 2.00 bits per heavy atom. The van der Waals surface area contributed by atoms with E-state index in [1.165, 1.54) is 32.1 Å². The molecular weight excluding hydrogens is 202 g/mol. The molecule has 0 bridgehead atoms. The number of hydrogen-bond donors (Lipinski definition) is 1. The lowest BCUT2D eigenvalue weighted by atomic mass is 9.94. The third-order valence-corrected chi connectivity index (χ3v) is 3.29. The average molecular weight is 227 g/mol. The Morgan fingerprint density at radius 3 is 2.56 bits per heavy atom. The van der Waals surface area contributed by atoms with E-state index in [2.05, 4.69) is 12.2 Å². The average Bonchev–Trinajstić information content (AvgIpc) is 2.30. The van der Waals surface area contributed by atoms with Crippen LogP contribution in [0, 0.1) is 0 Å². The zero-order valence-corrected chi connectivity index (χ0v) is 10.6. The van der Waals surface area contributed by atoms with Crippen LogP contribution in [0.2, 0.25) is 0 Å². The van der Waals surface area contributed by atoms with E-state index in [-0.39, 0.29) is 5.97 Å².